The molecule has 140 valence electrons. The maximum Gasteiger partial charge on any atom is 0.738 e. The maximum absolute atomic E-state index is 15.2. The monoisotopic (exact) mass is 502 g/mol. The predicted octanol–water partition coefficient (Wildman–Crippen LogP) is 4.78. The van der Waals surface area contributed by atoms with Gasteiger partial charge in [-0.05, 0) is 40.2 Å². The summed E-state index contributed by atoms with van der Waals surface area (Å²) in [7, 11) is 2.73. The van der Waals surface area contributed by atoms with Gasteiger partial charge >= 0.3 is 6.97 Å². The molecule has 2 aliphatic rings. The summed E-state index contributed by atoms with van der Waals surface area (Å²) in [6.07, 6.45) is 3.06. The van der Waals surface area contributed by atoms with Crippen LogP contribution in [0.5, 0.6) is 11.5 Å². The Labute approximate surface area is 169 Å². The second-order valence-electron chi connectivity index (χ2n) is 5.95. The average Bonchev–Trinajstić information content (AvgIpc) is 3.20. The minimum Gasteiger partial charge on any atom is -0.493 e. The van der Waals surface area contributed by atoms with Crippen molar-refractivity contribution in [3.63, 3.8) is 0 Å². The van der Waals surface area contributed by atoms with Crippen molar-refractivity contribution in [2.24, 2.45) is 0 Å². The van der Waals surface area contributed by atoms with Crippen LogP contribution in [0.3, 0.4) is 0 Å². The van der Waals surface area contributed by atoms with Gasteiger partial charge < -0.3 is 27.1 Å². The lowest BCUT2D eigenvalue weighted by Crippen LogP contribution is -2.50. The zero-order valence-corrected chi connectivity index (χ0v) is 17.3. The van der Waals surface area contributed by atoms with Gasteiger partial charge in [-0.15, -0.1) is 0 Å². The molecule has 0 unspecified atom stereocenters. The third-order valence-corrected chi connectivity index (χ3v) is 5.92. The number of benzene rings is 1. The Morgan fingerprint density at radius 1 is 1.04 bits per heavy atom. The molecule has 0 spiro atoms. The topological polar surface area (TPSA) is 26.4 Å². The number of hydrogen-bond donors (Lipinski definition) is 0. The second kappa shape index (κ2) is 6.30. The molecular weight excluding hydrogens is 492 g/mol. The summed E-state index contributed by atoms with van der Waals surface area (Å²) in [5.41, 5.74) is 0.877. The van der Waals surface area contributed by atoms with Gasteiger partial charge in [0.2, 0.25) is 4.62 Å². The third-order valence-electron chi connectivity index (χ3n) is 4.62. The molecule has 0 atom stereocenters. The average molecular weight is 504 g/mol. The summed E-state index contributed by atoms with van der Waals surface area (Å²) in [4.78, 5) is 0. The number of fused-ring (bicyclic) bond motifs is 2. The number of halogens is 5. The first-order valence-electron chi connectivity index (χ1n) is 7.87. The Kier molecular flexibility index (Phi) is 4.30. The number of aromatic nitrogens is 1. The minimum atomic E-state index is -4.16. The summed E-state index contributed by atoms with van der Waals surface area (Å²) < 4.78 is 58.1. The molecule has 1 aromatic carbocycles. The summed E-state index contributed by atoms with van der Waals surface area (Å²) in [5, 5.41) is 0. The van der Waals surface area contributed by atoms with E-state index < -0.39 is 12.8 Å². The van der Waals surface area contributed by atoms with Crippen molar-refractivity contribution >= 4 is 49.0 Å². The lowest BCUT2D eigenvalue weighted by molar-refractivity contribution is -0.358. The van der Waals surface area contributed by atoms with Crippen LogP contribution in [0.2, 0.25) is 0 Å². The van der Waals surface area contributed by atoms with Crippen molar-refractivity contribution < 1.29 is 27.0 Å². The standard InChI is InChI=1S/C17H12BBr2F3N2O2/c1-26-12-6-3-9(16(21)17(12)27-2)15-10-4-7-13(19)24(10)18(22,23)25-11(15)5-8-14(25)20/h3-8H,1-2H3. The fourth-order valence-corrected chi connectivity index (χ4v) is 4.63. The summed E-state index contributed by atoms with van der Waals surface area (Å²) >= 11 is 6.36. The predicted molar refractivity (Wildman–Crippen MR) is 104 cm³/mol. The highest BCUT2D eigenvalue weighted by atomic mass is 79.9. The number of rotatable bonds is 3. The largest absolute Gasteiger partial charge is 0.738 e. The van der Waals surface area contributed by atoms with Crippen LogP contribution in [-0.4, -0.2) is 34.8 Å². The van der Waals surface area contributed by atoms with Crippen molar-refractivity contribution in [2.75, 3.05) is 14.2 Å². The molecule has 0 bridgehead atoms. The van der Waals surface area contributed by atoms with Crippen molar-refractivity contribution in [3.05, 3.63) is 63.8 Å². The van der Waals surface area contributed by atoms with E-state index in [1.54, 1.807) is 6.07 Å². The van der Waals surface area contributed by atoms with Gasteiger partial charge in [0, 0.05) is 39.3 Å². The normalized spacial score (nSPS) is 17.3. The van der Waals surface area contributed by atoms with Gasteiger partial charge in [-0.25, -0.2) is 4.39 Å². The highest BCUT2D eigenvalue weighted by molar-refractivity contribution is 9.18. The van der Waals surface area contributed by atoms with Crippen LogP contribution in [0.4, 0.5) is 13.0 Å². The highest BCUT2D eigenvalue weighted by Crippen LogP contribution is 2.44. The molecule has 0 aliphatic carbocycles. The van der Waals surface area contributed by atoms with Crippen molar-refractivity contribution in [2.45, 2.75) is 0 Å². The molecule has 10 heteroatoms. The Hall–Kier alpha value is -1.94. The Morgan fingerprint density at radius 3 is 2.44 bits per heavy atom. The van der Waals surface area contributed by atoms with Crippen LogP contribution in [0.15, 0.2) is 46.7 Å². The molecule has 2 aromatic rings. The molecule has 4 rings (SSSR count). The Morgan fingerprint density at radius 2 is 1.78 bits per heavy atom. The van der Waals surface area contributed by atoms with Gasteiger partial charge in [-0.2, -0.15) is 0 Å². The number of allylic oxidation sites excluding steroid dienone is 2. The number of hydrogen-bond acceptors (Lipinski definition) is 2. The van der Waals surface area contributed by atoms with Crippen LogP contribution < -0.4 is 9.47 Å². The van der Waals surface area contributed by atoms with Crippen LogP contribution in [0.1, 0.15) is 11.3 Å². The first-order chi connectivity index (χ1) is 12.8. The molecule has 2 aliphatic heterocycles. The lowest BCUT2D eigenvalue weighted by atomic mass is 9.86. The quantitative estimate of drug-likeness (QED) is 0.564. The molecule has 0 N–H and O–H groups in total. The van der Waals surface area contributed by atoms with E-state index in [1.807, 2.05) is 0 Å². The molecule has 1 aromatic heterocycles. The van der Waals surface area contributed by atoms with Crippen LogP contribution in [-0.2, 0) is 0 Å². The minimum absolute atomic E-state index is 0.0836. The maximum atomic E-state index is 15.2. The van der Waals surface area contributed by atoms with Gasteiger partial charge in [0.15, 0.2) is 23.0 Å². The van der Waals surface area contributed by atoms with E-state index in [4.69, 9.17) is 9.47 Å². The van der Waals surface area contributed by atoms with E-state index in [9.17, 15) is 0 Å². The van der Waals surface area contributed by atoms with Crippen molar-refractivity contribution in [3.8, 4) is 11.5 Å². The van der Waals surface area contributed by atoms with E-state index in [0.29, 0.717) is 5.57 Å². The number of nitrogens with zero attached hydrogens (tertiary/aromatic N) is 2. The molecule has 0 radical (unpaired) electrons. The van der Waals surface area contributed by atoms with E-state index in [1.165, 1.54) is 44.6 Å². The second-order valence-corrected chi connectivity index (χ2v) is 7.57. The van der Waals surface area contributed by atoms with E-state index >= 15 is 13.0 Å². The molecule has 0 saturated carbocycles. The zero-order valence-electron chi connectivity index (χ0n) is 14.1. The first-order valence-corrected chi connectivity index (χ1v) is 9.46. The molecule has 0 saturated heterocycles. The summed E-state index contributed by atoms with van der Waals surface area (Å²) in [5.74, 6) is -0.546. The van der Waals surface area contributed by atoms with Gasteiger partial charge in [0.05, 0.1) is 24.4 Å². The fourth-order valence-electron chi connectivity index (χ4n) is 3.49. The molecule has 27 heavy (non-hydrogen) atoms. The molecule has 4 nitrogen and oxygen atoms in total. The van der Waals surface area contributed by atoms with Gasteiger partial charge in [0.1, 0.15) is 0 Å². The van der Waals surface area contributed by atoms with E-state index in [2.05, 4.69) is 31.9 Å². The van der Waals surface area contributed by atoms with E-state index in [0.717, 1.165) is 8.96 Å². The zero-order chi connectivity index (χ0) is 19.5. The summed E-state index contributed by atoms with van der Waals surface area (Å²) in [6.45, 7) is -4.16. The van der Waals surface area contributed by atoms with Gasteiger partial charge in [0.25, 0.3) is 0 Å². The molecule has 3 heterocycles. The van der Waals surface area contributed by atoms with E-state index in [-0.39, 0.29) is 37.7 Å². The first kappa shape index (κ1) is 18.4. The third kappa shape index (κ3) is 2.46. The smallest absolute Gasteiger partial charge is 0.493 e. The van der Waals surface area contributed by atoms with Crippen LogP contribution in [0.25, 0.3) is 5.57 Å². The highest BCUT2D eigenvalue weighted by Gasteiger charge is 2.54. The van der Waals surface area contributed by atoms with Crippen molar-refractivity contribution in [1.82, 2.24) is 4.48 Å². The summed E-state index contributed by atoms with van der Waals surface area (Å²) in [6, 6.07) is 6.10. The lowest BCUT2D eigenvalue weighted by Gasteiger charge is -2.32. The molecular formula is C17H12BBr2F3N2O2. The fraction of sp³-hybridized carbons (Fsp3) is 0.118. The number of methoxy groups -OCH3 is 2. The van der Waals surface area contributed by atoms with Crippen LogP contribution >= 0.6 is 31.9 Å². The molecule has 0 fully saturated rings. The number of ether oxygens (including phenoxy) is 2. The van der Waals surface area contributed by atoms with Crippen LogP contribution in [0, 0.1) is 5.82 Å². The van der Waals surface area contributed by atoms with Gasteiger partial charge in [-0.3, -0.25) is 0 Å². The SMILES string of the molecule is COc1ccc(C2=C3C=CC(Br)=[N+]3[B-](F)(F)n3c(Br)ccc32)c(F)c1OC. The Balaban J connectivity index is 2.09. The van der Waals surface area contributed by atoms with Crippen molar-refractivity contribution in [1.29, 1.82) is 0 Å². The molecule has 0 amide bonds. The van der Waals surface area contributed by atoms with Gasteiger partial charge in [-0.1, -0.05) is 0 Å². The Bertz CT molecular complexity index is 1080.